The number of aliphatic hydroxyl groups excluding tert-OH is 1. The normalized spacial score (nSPS) is 9.69. The van der Waals surface area contributed by atoms with Crippen molar-refractivity contribution in [3.63, 3.8) is 0 Å². The maximum absolute atomic E-state index is 11.5. The first-order valence-corrected chi connectivity index (χ1v) is 5.44. The molecule has 2 N–H and O–H groups in total. The van der Waals surface area contributed by atoms with Crippen molar-refractivity contribution in [1.29, 1.82) is 0 Å². The molecule has 0 aromatic carbocycles. The molecule has 0 atom stereocenters. The molecule has 0 heterocycles. The molecule has 0 saturated heterocycles. The quantitative estimate of drug-likeness (QED) is 0.604. The van der Waals surface area contributed by atoms with Gasteiger partial charge in [0.25, 0.3) is 0 Å². The number of rotatable bonds is 7. The molecular formula is C10H20N2O4. The number of hydrogen-bond donors (Lipinski definition) is 2. The van der Waals surface area contributed by atoms with Gasteiger partial charge in [-0.2, -0.15) is 0 Å². The lowest BCUT2D eigenvalue weighted by molar-refractivity contribution is -0.141. The van der Waals surface area contributed by atoms with Crippen LogP contribution >= 0.6 is 0 Å². The molecule has 6 heteroatoms. The van der Waals surface area contributed by atoms with Gasteiger partial charge in [0.05, 0.1) is 6.61 Å². The fraction of sp³-hybridized carbons (Fsp3) is 0.800. The van der Waals surface area contributed by atoms with Gasteiger partial charge < -0.3 is 20.1 Å². The summed E-state index contributed by atoms with van der Waals surface area (Å²) in [6.45, 7) is 4.78. The van der Waals surface area contributed by atoms with Gasteiger partial charge in [-0.15, -0.1) is 0 Å². The summed E-state index contributed by atoms with van der Waals surface area (Å²) >= 11 is 0. The summed E-state index contributed by atoms with van der Waals surface area (Å²) in [6.07, 6.45) is 0.528. The summed E-state index contributed by atoms with van der Waals surface area (Å²) in [5.74, 6) is -0.450. The van der Waals surface area contributed by atoms with Crippen LogP contribution in [-0.4, -0.2) is 54.9 Å². The number of hydrogen-bond acceptors (Lipinski definition) is 4. The van der Waals surface area contributed by atoms with Crippen LogP contribution in [0.15, 0.2) is 0 Å². The average Bonchev–Trinajstić information content (AvgIpc) is 2.28. The molecule has 94 valence electrons. The highest BCUT2D eigenvalue weighted by Crippen LogP contribution is 1.92. The predicted molar refractivity (Wildman–Crippen MR) is 59.0 cm³/mol. The van der Waals surface area contributed by atoms with Crippen LogP contribution in [0.25, 0.3) is 0 Å². The third kappa shape index (κ3) is 6.23. The molecule has 0 rings (SSSR count). The molecule has 0 saturated carbocycles. The van der Waals surface area contributed by atoms with Gasteiger partial charge in [-0.3, -0.25) is 4.79 Å². The molecule has 6 nitrogen and oxygen atoms in total. The summed E-state index contributed by atoms with van der Waals surface area (Å²) in [6, 6.07) is -0.316. The van der Waals surface area contributed by atoms with Crippen molar-refractivity contribution in [3.8, 4) is 0 Å². The first kappa shape index (κ1) is 14.7. The molecule has 0 radical (unpaired) electrons. The molecule has 0 unspecified atom stereocenters. The van der Waals surface area contributed by atoms with Crippen LogP contribution in [0.1, 0.15) is 20.3 Å². The van der Waals surface area contributed by atoms with E-state index in [1.165, 1.54) is 4.90 Å². The fourth-order valence-electron chi connectivity index (χ4n) is 1.14. The number of amides is 2. The van der Waals surface area contributed by atoms with E-state index >= 15 is 0 Å². The van der Waals surface area contributed by atoms with Crippen molar-refractivity contribution in [2.24, 2.45) is 0 Å². The van der Waals surface area contributed by atoms with Gasteiger partial charge in [-0.1, -0.05) is 0 Å². The van der Waals surface area contributed by atoms with Crippen LogP contribution < -0.4 is 5.32 Å². The zero-order valence-electron chi connectivity index (χ0n) is 9.86. The fourth-order valence-corrected chi connectivity index (χ4v) is 1.14. The SMILES string of the molecule is CCOC(=O)CNC(=O)N(CC)CCCO. The summed E-state index contributed by atoms with van der Waals surface area (Å²) in [5.41, 5.74) is 0. The second kappa shape index (κ2) is 8.96. The van der Waals surface area contributed by atoms with Crippen molar-refractivity contribution in [3.05, 3.63) is 0 Å². The molecule has 0 aliphatic carbocycles. The Morgan fingerprint density at radius 2 is 2.06 bits per heavy atom. The third-order valence-electron chi connectivity index (χ3n) is 1.94. The van der Waals surface area contributed by atoms with Gasteiger partial charge in [0.2, 0.25) is 0 Å². The first-order chi connectivity index (χ1) is 7.65. The Kier molecular flexibility index (Phi) is 8.24. The van der Waals surface area contributed by atoms with Crippen LogP contribution in [0.3, 0.4) is 0 Å². The van der Waals surface area contributed by atoms with E-state index in [0.717, 1.165) is 0 Å². The average molecular weight is 232 g/mol. The number of aliphatic hydroxyl groups is 1. The van der Waals surface area contributed by atoms with E-state index in [-0.39, 0.29) is 19.2 Å². The number of esters is 1. The standard InChI is InChI=1S/C10H20N2O4/c1-3-12(6-5-7-13)10(15)11-8-9(14)16-4-2/h13H,3-8H2,1-2H3,(H,11,15). The lowest BCUT2D eigenvalue weighted by atomic mass is 10.4. The first-order valence-electron chi connectivity index (χ1n) is 5.44. The smallest absolute Gasteiger partial charge is 0.325 e. The molecule has 0 bridgehead atoms. The van der Waals surface area contributed by atoms with Crippen molar-refractivity contribution in [2.45, 2.75) is 20.3 Å². The largest absolute Gasteiger partial charge is 0.465 e. The van der Waals surface area contributed by atoms with Crippen LogP contribution in [0.4, 0.5) is 4.79 Å². The summed E-state index contributed by atoms with van der Waals surface area (Å²) in [4.78, 5) is 24.0. The summed E-state index contributed by atoms with van der Waals surface area (Å²) in [5, 5.41) is 11.1. The number of nitrogens with zero attached hydrogens (tertiary/aromatic N) is 1. The monoisotopic (exact) mass is 232 g/mol. The van der Waals surface area contributed by atoms with E-state index in [4.69, 9.17) is 5.11 Å². The molecule has 0 spiro atoms. The molecule has 16 heavy (non-hydrogen) atoms. The topological polar surface area (TPSA) is 78.9 Å². The number of nitrogens with one attached hydrogen (secondary N) is 1. The molecule has 2 amide bonds. The summed E-state index contributed by atoms with van der Waals surface area (Å²) in [7, 11) is 0. The van der Waals surface area contributed by atoms with Crippen LogP contribution in [0.2, 0.25) is 0 Å². The Balaban J connectivity index is 3.87. The number of urea groups is 1. The Bertz CT molecular complexity index is 221. The molecule has 0 aliphatic rings. The van der Waals surface area contributed by atoms with Gasteiger partial charge in [0.1, 0.15) is 6.54 Å². The van der Waals surface area contributed by atoms with Crippen LogP contribution in [-0.2, 0) is 9.53 Å². The predicted octanol–water partition coefficient (Wildman–Crippen LogP) is -0.0366. The van der Waals surface area contributed by atoms with Crippen LogP contribution in [0, 0.1) is 0 Å². The minimum atomic E-state index is -0.450. The van der Waals surface area contributed by atoms with E-state index < -0.39 is 5.97 Å². The van der Waals surface area contributed by atoms with E-state index in [0.29, 0.717) is 26.1 Å². The lowest BCUT2D eigenvalue weighted by Gasteiger charge is -2.20. The Labute approximate surface area is 95.6 Å². The zero-order valence-corrected chi connectivity index (χ0v) is 9.86. The minimum Gasteiger partial charge on any atom is -0.465 e. The Morgan fingerprint density at radius 3 is 2.56 bits per heavy atom. The number of carbonyl (C=O) groups excluding carboxylic acids is 2. The van der Waals surface area contributed by atoms with Crippen molar-refractivity contribution in [2.75, 3.05) is 32.8 Å². The van der Waals surface area contributed by atoms with E-state index in [2.05, 4.69) is 10.1 Å². The zero-order chi connectivity index (χ0) is 12.4. The van der Waals surface area contributed by atoms with Gasteiger partial charge >= 0.3 is 12.0 Å². The highest BCUT2D eigenvalue weighted by atomic mass is 16.5. The second-order valence-electron chi connectivity index (χ2n) is 3.12. The van der Waals surface area contributed by atoms with Gasteiger partial charge in [-0.05, 0) is 20.3 Å². The third-order valence-corrected chi connectivity index (χ3v) is 1.94. The molecule has 0 fully saturated rings. The van der Waals surface area contributed by atoms with Gasteiger partial charge in [-0.25, -0.2) is 4.79 Å². The highest BCUT2D eigenvalue weighted by Gasteiger charge is 2.12. The molecular weight excluding hydrogens is 212 g/mol. The number of carbonyl (C=O) groups is 2. The molecule has 0 aromatic heterocycles. The minimum absolute atomic E-state index is 0.0433. The van der Waals surface area contributed by atoms with Crippen molar-refractivity contribution < 1.29 is 19.4 Å². The Hall–Kier alpha value is -1.30. The van der Waals surface area contributed by atoms with E-state index in [1.807, 2.05) is 6.92 Å². The Morgan fingerprint density at radius 1 is 1.38 bits per heavy atom. The maximum atomic E-state index is 11.5. The summed E-state index contributed by atoms with van der Waals surface area (Å²) < 4.78 is 4.67. The lowest BCUT2D eigenvalue weighted by Crippen LogP contribution is -2.42. The van der Waals surface area contributed by atoms with Crippen molar-refractivity contribution in [1.82, 2.24) is 10.2 Å². The second-order valence-corrected chi connectivity index (χ2v) is 3.12. The van der Waals surface area contributed by atoms with Gasteiger partial charge in [0, 0.05) is 19.7 Å². The maximum Gasteiger partial charge on any atom is 0.325 e. The van der Waals surface area contributed by atoms with E-state index in [1.54, 1.807) is 6.92 Å². The van der Waals surface area contributed by atoms with E-state index in [9.17, 15) is 9.59 Å². The van der Waals surface area contributed by atoms with Gasteiger partial charge in [0.15, 0.2) is 0 Å². The molecule has 0 aliphatic heterocycles. The van der Waals surface area contributed by atoms with Crippen LogP contribution in [0.5, 0.6) is 0 Å². The number of ether oxygens (including phenoxy) is 1. The van der Waals surface area contributed by atoms with Crippen molar-refractivity contribution >= 4 is 12.0 Å². The highest BCUT2D eigenvalue weighted by molar-refractivity contribution is 5.80. The molecule has 0 aromatic rings.